The summed E-state index contributed by atoms with van der Waals surface area (Å²) in [5.74, 6) is 0.272. The topological polar surface area (TPSA) is 20.3 Å². The lowest BCUT2D eigenvalue weighted by Gasteiger charge is -2.35. The van der Waals surface area contributed by atoms with Crippen LogP contribution >= 0.6 is 0 Å². The highest BCUT2D eigenvalue weighted by atomic mass is 16.1. The first-order valence-corrected chi connectivity index (χ1v) is 5.53. The molecule has 2 aliphatic rings. The van der Waals surface area contributed by atoms with E-state index in [-0.39, 0.29) is 11.7 Å². The average molecular weight is 211 g/mol. The average Bonchev–Trinajstić information content (AvgIpc) is 2.36. The quantitative estimate of drug-likeness (QED) is 0.657. The molecule has 1 unspecified atom stereocenters. The maximum atomic E-state index is 12.3. The minimum absolute atomic E-state index is 0.0184. The van der Waals surface area contributed by atoms with E-state index >= 15 is 0 Å². The SMILES string of the molecule is CN1C2=CC=CCC2C(=O)c2ccccc21. The highest BCUT2D eigenvalue weighted by Crippen LogP contribution is 2.37. The van der Waals surface area contributed by atoms with Crippen LogP contribution in [-0.4, -0.2) is 12.8 Å². The zero-order valence-electron chi connectivity index (χ0n) is 9.18. The predicted octanol–water partition coefficient (Wildman–Crippen LogP) is 2.78. The van der Waals surface area contributed by atoms with Crippen LogP contribution in [0.15, 0.2) is 48.2 Å². The molecule has 0 aromatic heterocycles. The third-order valence-electron chi connectivity index (χ3n) is 3.37. The molecule has 1 aromatic carbocycles. The Hall–Kier alpha value is -1.83. The molecule has 1 aromatic rings. The number of hydrogen-bond acceptors (Lipinski definition) is 2. The van der Waals surface area contributed by atoms with E-state index in [1.165, 1.54) is 0 Å². The fourth-order valence-corrected chi connectivity index (χ4v) is 2.51. The molecule has 0 bridgehead atoms. The van der Waals surface area contributed by atoms with Crippen LogP contribution in [0.5, 0.6) is 0 Å². The smallest absolute Gasteiger partial charge is 0.174 e. The monoisotopic (exact) mass is 211 g/mol. The van der Waals surface area contributed by atoms with Gasteiger partial charge in [-0.3, -0.25) is 4.79 Å². The van der Waals surface area contributed by atoms with Gasteiger partial charge in [0.15, 0.2) is 5.78 Å². The van der Waals surface area contributed by atoms with Crippen molar-refractivity contribution in [1.29, 1.82) is 0 Å². The molecule has 0 spiro atoms. The fraction of sp³-hybridized carbons (Fsp3) is 0.214. The second kappa shape index (κ2) is 3.34. The molecule has 0 amide bonds. The third-order valence-corrected chi connectivity index (χ3v) is 3.37. The van der Waals surface area contributed by atoms with E-state index in [1.807, 2.05) is 43.5 Å². The molecule has 0 saturated carbocycles. The van der Waals surface area contributed by atoms with Gasteiger partial charge in [0.25, 0.3) is 0 Å². The number of carbonyl (C=O) groups excluding carboxylic acids is 1. The van der Waals surface area contributed by atoms with Gasteiger partial charge in [-0.2, -0.15) is 0 Å². The molecule has 0 fully saturated rings. The molecule has 1 heterocycles. The Bertz CT molecular complexity index is 513. The Morgan fingerprint density at radius 2 is 2.12 bits per heavy atom. The standard InChI is InChI=1S/C14H13NO/c1-15-12-8-4-2-6-10(12)14(16)11-7-3-5-9-13(11)15/h2-6,8-9,11H,7H2,1H3. The van der Waals surface area contributed by atoms with Crippen LogP contribution in [0.4, 0.5) is 5.69 Å². The van der Waals surface area contributed by atoms with Crippen molar-refractivity contribution >= 4 is 11.5 Å². The summed E-state index contributed by atoms with van der Waals surface area (Å²) in [6.07, 6.45) is 6.96. The number of nitrogens with zero attached hydrogens (tertiary/aromatic N) is 1. The number of fused-ring (bicyclic) bond motifs is 2. The van der Waals surface area contributed by atoms with Gasteiger partial charge in [-0.25, -0.2) is 0 Å². The molecule has 16 heavy (non-hydrogen) atoms. The van der Waals surface area contributed by atoms with Crippen LogP contribution in [0.3, 0.4) is 0 Å². The molecule has 0 radical (unpaired) electrons. The molecule has 1 aliphatic carbocycles. The Morgan fingerprint density at radius 1 is 1.31 bits per heavy atom. The largest absolute Gasteiger partial charge is 0.347 e. The van der Waals surface area contributed by atoms with Crippen molar-refractivity contribution in [2.45, 2.75) is 6.42 Å². The molecule has 0 N–H and O–H groups in total. The van der Waals surface area contributed by atoms with Crippen LogP contribution in [0, 0.1) is 5.92 Å². The van der Waals surface area contributed by atoms with Crippen molar-refractivity contribution in [1.82, 2.24) is 0 Å². The van der Waals surface area contributed by atoms with E-state index in [4.69, 9.17) is 0 Å². The van der Waals surface area contributed by atoms with E-state index in [9.17, 15) is 4.79 Å². The van der Waals surface area contributed by atoms with Gasteiger partial charge in [-0.15, -0.1) is 0 Å². The lowest BCUT2D eigenvalue weighted by Crippen LogP contribution is -2.35. The first-order chi connectivity index (χ1) is 7.79. The first-order valence-electron chi connectivity index (χ1n) is 5.53. The zero-order chi connectivity index (χ0) is 11.1. The van der Waals surface area contributed by atoms with Gasteiger partial charge in [0.1, 0.15) is 0 Å². The van der Waals surface area contributed by atoms with Gasteiger partial charge in [0, 0.05) is 18.3 Å². The number of para-hydroxylation sites is 1. The highest BCUT2D eigenvalue weighted by molar-refractivity contribution is 6.07. The summed E-state index contributed by atoms with van der Waals surface area (Å²) < 4.78 is 0. The Labute approximate surface area is 94.9 Å². The number of Topliss-reactive ketones (excluding diaryl/α,β-unsaturated/α-hetero) is 1. The van der Waals surface area contributed by atoms with Crippen LogP contribution in [-0.2, 0) is 0 Å². The van der Waals surface area contributed by atoms with Gasteiger partial charge in [-0.1, -0.05) is 24.3 Å². The van der Waals surface area contributed by atoms with Crippen molar-refractivity contribution in [2.24, 2.45) is 5.92 Å². The van der Waals surface area contributed by atoms with Crippen LogP contribution in [0.2, 0.25) is 0 Å². The fourth-order valence-electron chi connectivity index (χ4n) is 2.51. The molecule has 0 saturated heterocycles. The number of allylic oxidation sites excluding steroid dienone is 4. The van der Waals surface area contributed by atoms with Gasteiger partial charge in [0.05, 0.1) is 11.6 Å². The summed E-state index contributed by atoms with van der Waals surface area (Å²) in [6.45, 7) is 0. The summed E-state index contributed by atoms with van der Waals surface area (Å²) in [5, 5.41) is 0. The van der Waals surface area contributed by atoms with Crippen molar-refractivity contribution in [3.05, 3.63) is 53.8 Å². The number of hydrogen-bond donors (Lipinski definition) is 0. The minimum Gasteiger partial charge on any atom is -0.347 e. The minimum atomic E-state index is 0.0184. The molecule has 2 nitrogen and oxygen atoms in total. The third kappa shape index (κ3) is 1.16. The summed E-state index contributed by atoms with van der Waals surface area (Å²) in [7, 11) is 2.03. The van der Waals surface area contributed by atoms with Gasteiger partial charge < -0.3 is 4.90 Å². The van der Waals surface area contributed by atoms with E-state index in [0.29, 0.717) is 0 Å². The number of anilines is 1. The van der Waals surface area contributed by atoms with Crippen molar-refractivity contribution in [3.8, 4) is 0 Å². The lowest BCUT2D eigenvalue weighted by molar-refractivity contribution is 0.0934. The van der Waals surface area contributed by atoms with E-state index in [0.717, 1.165) is 23.4 Å². The van der Waals surface area contributed by atoms with Gasteiger partial charge in [0.2, 0.25) is 0 Å². The summed E-state index contributed by atoms with van der Waals surface area (Å²) in [5.41, 5.74) is 2.99. The first kappa shape index (κ1) is 9.40. The number of carbonyl (C=O) groups is 1. The van der Waals surface area contributed by atoms with E-state index < -0.39 is 0 Å². The summed E-state index contributed by atoms with van der Waals surface area (Å²) >= 11 is 0. The molecule has 80 valence electrons. The van der Waals surface area contributed by atoms with Crippen LogP contribution in [0.25, 0.3) is 0 Å². The highest BCUT2D eigenvalue weighted by Gasteiger charge is 2.34. The van der Waals surface area contributed by atoms with Crippen LogP contribution in [0.1, 0.15) is 16.8 Å². The van der Waals surface area contributed by atoms with Crippen molar-refractivity contribution < 1.29 is 4.79 Å². The molecule has 1 aliphatic heterocycles. The van der Waals surface area contributed by atoms with Gasteiger partial charge >= 0.3 is 0 Å². The zero-order valence-corrected chi connectivity index (χ0v) is 9.18. The molecular formula is C14H13NO. The maximum absolute atomic E-state index is 12.3. The predicted molar refractivity (Wildman–Crippen MR) is 64.5 cm³/mol. The van der Waals surface area contributed by atoms with Gasteiger partial charge in [-0.05, 0) is 24.6 Å². The number of ketones is 1. The second-order valence-corrected chi connectivity index (χ2v) is 4.25. The Morgan fingerprint density at radius 3 is 3.00 bits per heavy atom. The summed E-state index contributed by atoms with van der Waals surface area (Å²) in [4.78, 5) is 14.4. The van der Waals surface area contributed by atoms with Crippen molar-refractivity contribution in [3.63, 3.8) is 0 Å². The second-order valence-electron chi connectivity index (χ2n) is 4.25. The lowest BCUT2D eigenvalue weighted by atomic mass is 9.84. The molecular weight excluding hydrogens is 198 g/mol. The molecule has 1 atom stereocenters. The normalized spacial score (nSPS) is 22.6. The number of benzene rings is 1. The van der Waals surface area contributed by atoms with Crippen LogP contribution < -0.4 is 4.90 Å². The molecule has 3 rings (SSSR count). The number of rotatable bonds is 0. The van der Waals surface area contributed by atoms with E-state index in [2.05, 4.69) is 11.0 Å². The summed E-state index contributed by atoms with van der Waals surface area (Å²) in [6, 6.07) is 7.83. The maximum Gasteiger partial charge on any atom is 0.174 e. The van der Waals surface area contributed by atoms with Crippen molar-refractivity contribution in [2.75, 3.05) is 11.9 Å². The van der Waals surface area contributed by atoms with E-state index in [1.54, 1.807) is 0 Å². The Balaban J connectivity index is 2.20. The molecule has 2 heteroatoms. The Kier molecular flexibility index (Phi) is 1.96.